The van der Waals surface area contributed by atoms with E-state index in [4.69, 9.17) is 14.2 Å². The van der Waals surface area contributed by atoms with Crippen LogP contribution in [0.25, 0.3) is 10.8 Å². The standard InChI is InChI=1S/C22H19NO6/c24-20(23-11-15-12-27-18-7-3-4-8-19(18)29-15)13-28-22(26)17-10-9-14-5-1-2-6-16(14)21(17)25/h1-10,15,25H,11-13H2,(H,23,24)/t15-/m1/s1. The van der Waals surface area contributed by atoms with Crippen LogP contribution in [0.2, 0.25) is 0 Å². The Bertz CT molecular complexity index is 1060. The van der Waals surface area contributed by atoms with Gasteiger partial charge in [0.1, 0.15) is 24.0 Å². The van der Waals surface area contributed by atoms with Gasteiger partial charge in [0, 0.05) is 5.39 Å². The first kappa shape index (κ1) is 18.6. The third-order valence-corrected chi connectivity index (χ3v) is 4.55. The number of aromatic hydroxyl groups is 1. The minimum Gasteiger partial charge on any atom is -0.506 e. The topological polar surface area (TPSA) is 94.1 Å². The van der Waals surface area contributed by atoms with E-state index < -0.39 is 18.5 Å². The number of benzene rings is 3. The van der Waals surface area contributed by atoms with Crippen molar-refractivity contribution in [3.63, 3.8) is 0 Å². The van der Waals surface area contributed by atoms with E-state index in [0.29, 0.717) is 23.5 Å². The molecule has 0 aromatic heterocycles. The fourth-order valence-electron chi connectivity index (χ4n) is 3.07. The predicted octanol–water partition coefficient (Wildman–Crippen LogP) is 2.66. The summed E-state index contributed by atoms with van der Waals surface area (Å²) in [5.41, 5.74) is 0.0112. The van der Waals surface area contributed by atoms with Crippen LogP contribution in [0.15, 0.2) is 60.7 Å². The van der Waals surface area contributed by atoms with Gasteiger partial charge in [-0.3, -0.25) is 4.79 Å². The number of phenols is 1. The van der Waals surface area contributed by atoms with Gasteiger partial charge in [-0.2, -0.15) is 0 Å². The summed E-state index contributed by atoms with van der Waals surface area (Å²) in [6.07, 6.45) is -0.339. The van der Waals surface area contributed by atoms with Crippen molar-refractivity contribution >= 4 is 22.6 Å². The number of hydrogen-bond acceptors (Lipinski definition) is 6. The highest BCUT2D eigenvalue weighted by Crippen LogP contribution is 2.31. The van der Waals surface area contributed by atoms with Crippen molar-refractivity contribution in [2.24, 2.45) is 0 Å². The van der Waals surface area contributed by atoms with Crippen LogP contribution in [0.5, 0.6) is 17.2 Å². The predicted molar refractivity (Wildman–Crippen MR) is 105 cm³/mol. The molecule has 3 aromatic carbocycles. The smallest absolute Gasteiger partial charge is 0.342 e. The van der Waals surface area contributed by atoms with Crippen LogP contribution in [0, 0.1) is 0 Å². The molecule has 2 N–H and O–H groups in total. The first-order valence-corrected chi connectivity index (χ1v) is 9.15. The van der Waals surface area contributed by atoms with Gasteiger partial charge in [0.15, 0.2) is 18.1 Å². The molecular weight excluding hydrogens is 374 g/mol. The molecular formula is C22H19NO6. The lowest BCUT2D eigenvalue weighted by Gasteiger charge is -2.26. The zero-order valence-electron chi connectivity index (χ0n) is 15.5. The van der Waals surface area contributed by atoms with Gasteiger partial charge in [-0.05, 0) is 23.6 Å². The minimum atomic E-state index is -0.769. The summed E-state index contributed by atoms with van der Waals surface area (Å²) < 4.78 is 16.4. The van der Waals surface area contributed by atoms with Crippen LogP contribution >= 0.6 is 0 Å². The minimum absolute atomic E-state index is 0.0112. The van der Waals surface area contributed by atoms with Crippen LogP contribution in [-0.2, 0) is 9.53 Å². The molecule has 3 aromatic rings. The summed E-state index contributed by atoms with van der Waals surface area (Å²) in [6, 6.07) is 17.6. The average molecular weight is 393 g/mol. The molecule has 1 aliphatic heterocycles. The molecule has 0 bridgehead atoms. The van der Waals surface area contributed by atoms with E-state index in [9.17, 15) is 14.7 Å². The molecule has 0 radical (unpaired) electrons. The Morgan fingerprint density at radius 1 is 1.03 bits per heavy atom. The number of carbonyl (C=O) groups excluding carboxylic acids is 2. The number of hydrogen-bond donors (Lipinski definition) is 2. The molecule has 0 spiro atoms. The van der Waals surface area contributed by atoms with E-state index in [-0.39, 0.29) is 24.0 Å². The normalized spacial score (nSPS) is 15.0. The number of carbonyl (C=O) groups is 2. The van der Waals surface area contributed by atoms with E-state index in [1.807, 2.05) is 30.3 Å². The van der Waals surface area contributed by atoms with E-state index in [2.05, 4.69) is 5.32 Å². The van der Waals surface area contributed by atoms with Crippen molar-refractivity contribution in [1.82, 2.24) is 5.32 Å². The molecule has 0 aliphatic carbocycles. The molecule has 0 saturated carbocycles. The Labute approximate surface area is 166 Å². The van der Waals surface area contributed by atoms with Gasteiger partial charge in [0.05, 0.1) is 6.54 Å². The lowest BCUT2D eigenvalue weighted by atomic mass is 10.1. The van der Waals surface area contributed by atoms with Crippen LogP contribution in [-0.4, -0.2) is 42.8 Å². The zero-order valence-corrected chi connectivity index (χ0v) is 15.5. The maximum atomic E-state index is 12.2. The Morgan fingerprint density at radius 3 is 2.66 bits per heavy atom. The molecule has 0 unspecified atom stereocenters. The fraction of sp³-hybridized carbons (Fsp3) is 0.182. The van der Waals surface area contributed by atoms with Crippen LogP contribution in [0.3, 0.4) is 0 Å². The van der Waals surface area contributed by atoms with Gasteiger partial charge < -0.3 is 24.6 Å². The van der Waals surface area contributed by atoms with E-state index in [1.165, 1.54) is 6.07 Å². The Balaban J connectivity index is 1.29. The van der Waals surface area contributed by atoms with E-state index in [0.717, 1.165) is 5.39 Å². The van der Waals surface area contributed by atoms with Gasteiger partial charge in [0.25, 0.3) is 5.91 Å². The molecule has 7 heteroatoms. The number of esters is 1. The summed E-state index contributed by atoms with van der Waals surface area (Å²) in [5.74, 6) is -0.119. The molecule has 29 heavy (non-hydrogen) atoms. The molecule has 7 nitrogen and oxygen atoms in total. The Kier molecular flexibility index (Phi) is 5.20. The number of nitrogens with one attached hydrogen (secondary N) is 1. The third-order valence-electron chi connectivity index (χ3n) is 4.55. The Hall–Kier alpha value is -3.74. The highest BCUT2D eigenvalue weighted by molar-refractivity contribution is 6.01. The summed E-state index contributed by atoms with van der Waals surface area (Å²) in [7, 11) is 0. The van der Waals surface area contributed by atoms with Crippen LogP contribution < -0.4 is 14.8 Å². The lowest BCUT2D eigenvalue weighted by Crippen LogP contribution is -2.42. The first-order chi connectivity index (χ1) is 14.1. The average Bonchev–Trinajstić information content (AvgIpc) is 2.76. The largest absolute Gasteiger partial charge is 0.506 e. The number of ether oxygens (including phenoxy) is 3. The summed E-state index contributed by atoms with van der Waals surface area (Å²) in [4.78, 5) is 24.3. The monoisotopic (exact) mass is 393 g/mol. The van der Waals surface area contributed by atoms with Crippen molar-refractivity contribution in [3.8, 4) is 17.2 Å². The van der Waals surface area contributed by atoms with Gasteiger partial charge >= 0.3 is 5.97 Å². The Morgan fingerprint density at radius 2 is 1.79 bits per heavy atom. The lowest BCUT2D eigenvalue weighted by molar-refractivity contribution is -0.124. The fourth-order valence-corrected chi connectivity index (χ4v) is 3.07. The highest BCUT2D eigenvalue weighted by Gasteiger charge is 2.22. The number of phenolic OH excluding ortho intramolecular Hbond substituents is 1. The van der Waals surface area contributed by atoms with Crippen molar-refractivity contribution < 1.29 is 28.9 Å². The second-order valence-electron chi connectivity index (χ2n) is 6.56. The zero-order chi connectivity index (χ0) is 20.2. The van der Waals surface area contributed by atoms with E-state index in [1.54, 1.807) is 24.3 Å². The number of amides is 1. The summed E-state index contributed by atoms with van der Waals surface area (Å²) in [6.45, 7) is 0.0588. The van der Waals surface area contributed by atoms with Gasteiger partial charge in [-0.15, -0.1) is 0 Å². The third kappa shape index (κ3) is 4.08. The molecule has 0 fully saturated rings. The second kappa shape index (κ2) is 8.10. The molecule has 148 valence electrons. The maximum absolute atomic E-state index is 12.2. The van der Waals surface area contributed by atoms with Crippen LogP contribution in [0.1, 0.15) is 10.4 Å². The second-order valence-corrected chi connectivity index (χ2v) is 6.56. The summed E-state index contributed by atoms with van der Waals surface area (Å²) in [5, 5.41) is 14.3. The van der Waals surface area contributed by atoms with Crippen molar-refractivity contribution in [3.05, 3.63) is 66.2 Å². The van der Waals surface area contributed by atoms with Gasteiger partial charge in [0.2, 0.25) is 0 Å². The quantitative estimate of drug-likeness (QED) is 0.648. The number of para-hydroxylation sites is 2. The van der Waals surface area contributed by atoms with Gasteiger partial charge in [-0.25, -0.2) is 4.79 Å². The van der Waals surface area contributed by atoms with Crippen molar-refractivity contribution in [2.45, 2.75) is 6.10 Å². The molecule has 4 rings (SSSR count). The maximum Gasteiger partial charge on any atom is 0.342 e. The highest BCUT2D eigenvalue weighted by atomic mass is 16.6. The summed E-state index contributed by atoms with van der Waals surface area (Å²) >= 11 is 0. The molecule has 1 atom stereocenters. The van der Waals surface area contributed by atoms with E-state index >= 15 is 0 Å². The SMILES string of the molecule is O=C(COC(=O)c1ccc2ccccc2c1O)NC[C@@H]1COc2ccccc2O1. The number of fused-ring (bicyclic) bond motifs is 2. The molecule has 1 heterocycles. The van der Waals surface area contributed by atoms with Gasteiger partial charge in [-0.1, -0.05) is 42.5 Å². The molecule has 1 amide bonds. The van der Waals surface area contributed by atoms with Crippen LogP contribution in [0.4, 0.5) is 0 Å². The van der Waals surface area contributed by atoms with Crippen molar-refractivity contribution in [1.29, 1.82) is 0 Å². The number of rotatable bonds is 5. The van der Waals surface area contributed by atoms with Crippen molar-refractivity contribution in [2.75, 3.05) is 19.8 Å². The molecule has 0 saturated heterocycles. The first-order valence-electron chi connectivity index (χ1n) is 9.15. The molecule has 1 aliphatic rings.